The van der Waals surface area contributed by atoms with Gasteiger partial charge in [-0.2, -0.15) is 0 Å². The van der Waals surface area contributed by atoms with Crippen molar-refractivity contribution in [2.75, 3.05) is 13.7 Å². The van der Waals surface area contributed by atoms with Gasteiger partial charge < -0.3 is 9.47 Å². The maximum absolute atomic E-state index is 11.1. The van der Waals surface area contributed by atoms with Crippen LogP contribution in [0.5, 0.6) is 5.75 Å². The number of esters is 1. The number of ether oxygens (including phenoxy) is 2. The number of rotatable bonds is 6. The van der Waals surface area contributed by atoms with Crippen LogP contribution in [0.1, 0.15) is 18.9 Å². The first-order chi connectivity index (χ1) is 8.63. The lowest BCUT2D eigenvalue weighted by molar-refractivity contribution is -0.144. The van der Waals surface area contributed by atoms with Gasteiger partial charge in [0.15, 0.2) is 0 Å². The van der Waals surface area contributed by atoms with Gasteiger partial charge >= 0.3 is 5.97 Å². The zero-order chi connectivity index (χ0) is 13.4. The average Bonchev–Trinajstić information content (AvgIpc) is 2.34. The van der Waals surface area contributed by atoms with Gasteiger partial charge in [-0.15, -0.1) is 0 Å². The first kappa shape index (κ1) is 14.0. The molecule has 96 valence electrons. The molecule has 1 rings (SSSR count). The number of Topliss-reactive ketones (excluding diaryl/α,β-unsaturated/α-hetero) is 1. The van der Waals surface area contributed by atoms with Gasteiger partial charge in [-0.3, -0.25) is 9.59 Å². The molecule has 0 aromatic heterocycles. The van der Waals surface area contributed by atoms with Crippen LogP contribution in [0.4, 0.5) is 0 Å². The average molecular weight is 248 g/mol. The van der Waals surface area contributed by atoms with E-state index >= 15 is 0 Å². The fourth-order valence-electron chi connectivity index (χ4n) is 1.37. The smallest absolute Gasteiger partial charge is 0.313 e. The standard InChI is InChI=1S/C14H16O4/c1-11(15)10-14(16)18-9-5-7-12-6-3-4-8-13(12)17-2/h3-8H,9-10H2,1-2H3/b7-5+. The Morgan fingerprint density at radius 2 is 2.00 bits per heavy atom. The largest absolute Gasteiger partial charge is 0.496 e. The van der Waals surface area contributed by atoms with Gasteiger partial charge in [-0.05, 0) is 19.1 Å². The Hall–Kier alpha value is -2.10. The van der Waals surface area contributed by atoms with Gasteiger partial charge in [0.05, 0.1) is 7.11 Å². The molecular formula is C14H16O4. The fraction of sp³-hybridized carbons (Fsp3) is 0.286. The van der Waals surface area contributed by atoms with Crippen molar-refractivity contribution in [3.8, 4) is 5.75 Å². The number of para-hydroxylation sites is 1. The predicted molar refractivity (Wildman–Crippen MR) is 68.3 cm³/mol. The van der Waals surface area contributed by atoms with Gasteiger partial charge in [0, 0.05) is 5.56 Å². The zero-order valence-electron chi connectivity index (χ0n) is 10.5. The van der Waals surface area contributed by atoms with Crippen LogP contribution in [0.15, 0.2) is 30.3 Å². The highest BCUT2D eigenvalue weighted by molar-refractivity contribution is 5.94. The van der Waals surface area contributed by atoms with Crippen molar-refractivity contribution < 1.29 is 19.1 Å². The minimum Gasteiger partial charge on any atom is -0.496 e. The van der Waals surface area contributed by atoms with E-state index in [4.69, 9.17) is 9.47 Å². The van der Waals surface area contributed by atoms with E-state index in [0.717, 1.165) is 11.3 Å². The molecule has 0 radical (unpaired) electrons. The minimum atomic E-state index is -0.507. The molecule has 4 nitrogen and oxygen atoms in total. The van der Waals surface area contributed by atoms with Gasteiger partial charge in [0.25, 0.3) is 0 Å². The van der Waals surface area contributed by atoms with Crippen LogP contribution in [0, 0.1) is 0 Å². The molecular weight excluding hydrogens is 232 g/mol. The number of benzene rings is 1. The first-order valence-corrected chi connectivity index (χ1v) is 5.58. The summed E-state index contributed by atoms with van der Waals surface area (Å²) in [5, 5.41) is 0. The molecule has 0 N–H and O–H groups in total. The topological polar surface area (TPSA) is 52.6 Å². The Labute approximate surface area is 106 Å². The molecule has 0 saturated heterocycles. The zero-order valence-corrected chi connectivity index (χ0v) is 10.5. The maximum atomic E-state index is 11.1. The van der Waals surface area contributed by atoms with Crippen molar-refractivity contribution in [2.24, 2.45) is 0 Å². The van der Waals surface area contributed by atoms with E-state index in [1.165, 1.54) is 6.92 Å². The van der Waals surface area contributed by atoms with Crippen molar-refractivity contribution >= 4 is 17.8 Å². The van der Waals surface area contributed by atoms with Crippen LogP contribution in [0.25, 0.3) is 6.08 Å². The van der Waals surface area contributed by atoms with Crippen LogP contribution in [-0.4, -0.2) is 25.5 Å². The van der Waals surface area contributed by atoms with Crippen LogP contribution in [-0.2, 0) is 14.3 Å². The second kappa shape index (κ2) is 7.27. The summed E-state index contributed by atoms with van der Waals surface area (Å²) < 4.78 is 10.0. The van der Waals surface area contributed by atoms with E-state index in [1.807, 2.05) is 24.3 Å². The van der Waals surface area contributed by atoms with E-state index in [0.29, 0.717) is 0 Å². The molecule has 1 aromatic carbocycles. The molecule has 18 heavy (non-hydrogen) atoms. The van der Waals surface area contributed by atoms with Crippen LogP contribution >= 0.6 is 0 Å². The molecule has 0 heterocycles. The van der Waals surface area contributed by atoms with Crippen LogP contribution in [0.2, 0.25) is 0 Å². The molecule has 0 aliphatic carbocycles. The SMILES string of the molecule is COc1ccccc1/C=C/COC(=O)CC(C)=O. The van der Waals surface area contributed by atoms with Gasteiger partial charge in [0.1, 0.15) is 24.6 Å². The third-order valence-electron chi connectivity index (χ3n) is 2.17. The molecule has 0 spiro atoms. The molecule has 0 fully saturated rings. The number of methoxy groups -OCH3 is 1. The molecule has 0 atom stereocenters. The monoisotopic (exact) mass is 248 g/mol. The summed E-state index contributed by atoms with van der Waals surface area (Å²) in [6.07, 6.45) is 3.33. The molecule has 0 aliphatic rings. The van der Waals surface area contributed by atoms with Crippen LogP contribution in [0.3, 0.4) is 0 Å². The van der Waals surface area contributed by atoms with E-state index < -0.39 is 5.97 Å². The maximum Gasteiger partial charge on any atom is 0.313 e. The summed E-state index contributed by atoms with van der Waals surface area (Å²) in [5.41, 5.74) is 0.905. The Bertz CT molecular complexity index is 449. The van der Waals surface area contributed by atoms with Crippen LogP contribution < -0.4 is 4.74 Å². The normalized spacial score (nSPS) is 10.3. The summed E-state index contributed by atoms with van der Waals surface area (Å²) in [6, 6.07) is 7.52. The second-order valence-corrected chi connectivity index (χ2v) is 3.71. The molecule has 0 amide bonds. The predicted octanol–water partition coefficient (Wildman–Crippen LogP) is 2.23. The molecule has 0 unspecified atom stereocenters. The summed E-state index contributed by atoms with van der Waals surface area (Å²) in [7, 11) is 1.60. The molecule has 0 bridgehead atoms. The summed E-state index contributed by atoms with van der Waals surface area (Å²) >= 11 is 0. The lowest BCUT2D eigenvalue weighted by atomic mass is 10.2. The van der Waals surface area contributed by atoms with Gasteiger partial charge in [0.2, 0.25) is 0 Å². The second-order valence-electron chi connectivity index (χ2n) is 3.71. The highest BCUT2D eigenvalue weighted by Crippen LogP contribution is 2.18. The van der Waals surface area contributed by atoms with Gasteiger partial charge in [-0.1, -0.05) is 24.3 Å². The summed E-state index contributed by atoms with van der Waals surface area (Å²) in [5.74, 6) is 0.0460. The quantitative estimate of drug-likeness (QED) is 0.572. The lowest BCUT2D eigenvalue weighted by Gasteiger charge is -2.03. The highest BCUT2D eigenvalue weighted by atomic mass is 16.5. The fourth-order valence-corrected chi connectivity index (χ4v) is 1.37. The Balaban J connectivity index is 2.45. The number of hydrogen-bond acceptors (Lipinski definition) is 4. The molecule has 0 aliphatic heterocycles. The van der Waals surface area contributed by atoms with E-state index in [-0.39, 0.29) is 18.8 Å². The number of carbonyl (C=O) groups excluding carboxylic acids is 2. The lowest BCUT2D eigenvalue weighted by Crippen LogP contribution is -2.08. The first-order valence-electron chi connectivity index (χ1n) is 5.58. The molecule has 4 heteroatoms. The van der Waals surface area contributed by atoms with E-state index in [9.17, 15) is 9.59 Å². The van der Waals surface area contributed by atoms with Crippen molar-refractivity contribution in [1.82, 2.24) is 0 Å². The highest BCUT2D eigenvalue weighted by Gasteiger charge is 2.04. The third kappa shape index (κ3) is 4.82. The van der Waals surface area contributed by atoms with E-state index in [1.54, 1.807) is 19.3 Å². The Morgan fingerprint density at radius 3 is 2.67 bits per heavy atom. The van der Waals surface area contributed by atoms with E-state index in [2.05, 4.69) is 0 Å². The Morgan fingerprint density at radius 1 is 1.28 bits per heavy atom. The van der Waals surface area contributed by atoms with Crippen molar-refractivity contribution in [3.05, 3.63) is 35.9 Å². The third-order valence-corrected chi connectivity index (χ3v) is 2.17. The summed E-state index contributed by atoms with van der Waals surface area (Å²) in [4.78, 5) is 21.7. The minimum absolute atomic E-state index is 0.143. The number of carbonyl (C=O) groups is 2. The Kier molecular flexibility index (Phi) is 5.64. The molecule has 1 aromatic rings. The molecule has 0 saturated carbocycles. The van der Waals surface area contributed by atoms with Crippen molar-refractivity contribution in [3.63, 3.8) is 0 Å². The van der Waals surface area contributed by atoms with Crippen molar-refractivity contribution in [2.45, 2.75) is 13.3 Å². The van der Waals surface area contributed by atoms with Gasteiger partial charge in [-0.25, -0.2) is 0 Å². The van der Waals surface area contributed by atoms with Crippen molar-refractivity contribution in [1.29, 1.82) is 0 Å². The number of ketones is 1. The number of hydrogen-bond donors (Lipinski definition) is 0. The summed E-state index contributed by atoms with van der Waals surface area (Å²) in [6.45, 7) is 1.50.